The van der Waals surface area contributed by atoms with Gasteiger partial charge >= 0.3 is 12.3 Å². The first-order valence-electron chi connectivity index (χ1n) is 7.54. The second-order valence-corrected chi connectivity index (χ2v) is 8.30. The SMILES string of the molecule is CC1(C)CN(OC(=O)OC(C)(C)C)N(OC(=O)OC(C)(C)C)C1. The van der Waals surface area contributed by atoms with E-state index in [1.165, 1.54) is 0 Å². The van der Waals surface area contributed by atoms with Crippen LogP contribution in [-0.2, 0) is 19.1 Å². The summed E-state index contributed by atoms with van der Waals surface area (Å²) in [7, 11) is 0. The van der Waals surface area contributed by atoms with E-state index in [1.807, 2.05) is 13.8 Å². The molecule has 8 heteroatoms. The first-order valence-corrected chi connectivity index (χ1v) is 7.54. The van der Waals surface area contributed by atoms with Gasteiger partial charge < -0.3 is 19.1 Å². The van der Waals surface area contributed by atoms with E-state index in [0.717, 1.165) is 10.3 Å². The summed E-state index contributed by atoms with van der Waals surface area (Å²) in [5, 5.41) is 2.33. The molecule has 1 saturated heterocycles. The number of rotatable bonds is 2. The third-order valence-electron chi connectivity index (χ3n) is 2.51. The maximum Gasteiger partial charge on any atom is 0.529 e. The van der Waals surface area contributed by atoms with Crippen LogP contribution >= 0.6 is 0 Å². The van der Waals surface area contributed by atoms with E-state index in [9.17, 15) is 9.59 Å². The average Bonchev–Trinajstić information content (AvgIpc) is 2.46. The highest BCUT2D eigenvalue weighted by molar-refractivity contribution is 5.60. The van der Waals surface area contributed by atoms with Gasteiger partial charge in [-0.3, -0.25) is 0 Å². The van der Waals surface area contributed by atoms with Crippen molar-refractivity contribution in [2.75, 3.05) is 13.1 Å². The van der Waals surface area contributed by atoms with Gasteiger partial charge in [-0.25, -0.2) is 9.59 Å². The predicted octanol–water partition coefficient (Wildman–Crippen LogP) is 3.28. The Hall–Kier alpha value is -1.54. The lowest BCUT2D eigenvalue weighted by atomic mass is 9.96. The zero-order valence-electron chi connectivity index (χ0n) is 15.3. The fourth-order valence-corrected chi connectivity index (χ4v) is 1.81. The minimum Gasteiger partial charge on any atom is -0.427 e. The van der Waals surface area contributed by atoms with E-state index in [4.69, 9.17) is 19.1 Å². The van der Waals surface area contributed by atoms with E-state index in [2.05, 4.69) is 0 Å². The molecule has 0 spiro atoms. The summed E-state index contributed by atoms with van der Waals surface area (Å²) >= 11 is 0. The van der Waals surface area contributed by atoms with Gasteiger partial charge in [-0.1, -0.05) is 13.8 Å². The van der Waals surface area contributed by atoms with Gasteiger partial charge in [0.25, 0.3) is 0 Å². The average molecular weight is 332 g/mol. The van der Waals surface area contributed by atoms with Crippen molar-refractivity contribution < 1.29 is 28.7 Å². The molecule has 0 aromatic heterocycles. The Labute approximate surface area is 137 Å². The van der Waals surface area contributed by atoms with Crippen molar-refractivity contribution in [3.63, 3.8) is 0 Å². The van der Waals surface area contributed by atoms with E-state index in [1.54, 1.807) is 41.5 Å². The smallest absolute Gasteiger partial charge is 0.427 e. The van der Waals surface area contributed by atoms with Crippen molar-refractivity contribution in [1.82, 2.24) is 10.3 Å². The van der Waals surface area contributed by atoms with Crippen LogP contribution in [0.15, 0.2) is 0 Å². The maximum atomic E-state index is 11.8. The molecule has 0 amide bonds. The molecular formula is C15H28N2O6. The van der Waals surface area contributed by atoms with Gasteiger partial charge in [0.05, 0.1) is 13.1 Å². The van der Waals surface area contributed by atoms with Crippen LogP contribution in [-0.4, -0.2) is 46.9 Å². The molecule has 0 atom stereocenters. The first-order chi connectivity index (χ1) is 10.2. The second kappa shape index (κ2) is 6.52. The largest absolute Gasteiger partial charge is 0.529 e. The summed E-state index contributed by atoms with van der Waals surface area (Å²) in [6.07, 6.45) is -1.74. The predicted molar refractivity (Wildman–Crippen MR) is 81.8 cm³/mol. The number of hydrazine groups is 1. The molecule has 8 nitrogen and oxygen atoms in total. The van der Waals surface area contributed by atoms with Crippen molar-refractivity contribution in [2.24, 2.45) is 5.41 Å². The van der Waals surface area contributed by atoms with Crippen LogP contribution in [0.5, 0.6) is 0 Å². The Morgan fingerprint density at radius 2 is 1.09 bits per heavy atom. The van der Waals surface area contributed by atoms with Gasteiger partial charge in [-0.15, -0.1) is 0 Å². The fraction of sp³-hybridized carbons (Fsp3) is 0.867. The van der Waals surface area contributed by atoms with Crippen LogP contribution in [0.4, 0.5) is 9.59 Å². The third kappa shape index (κ3) is 7.51. The molecule has 1 rings (SSSR count). The molecule has 0 bridgehead atoms. The highest BCUT2D eigenvalue weighted by Gasteiger charge is 2.42. The fourth-order valence-electron chi connectivity index (χ4n) is 1.81. The third-order valence-corrected chi connectivity index (χ3v) is 2.51. The molecule has 134 valence electrons. The zero-order chi connectivity index (χ0) is 18.1. The van der Waals surface area contributed by atoms with E-state index < -0.39 is 23.5 Å². The Morgan fingerprint density at radius 3 is 1.35 bits per heavy atom. The molecule has 1 aliphatic rings. The Morgan fingerprint density at radius 1 is 0.783 bits per heavy atom. The molecule has 23 heavy (non-hydrogen) atoms. The highest BCUT2D eigenvalue weighted by atomic mass is 16.9. The molecule has 0 aliphatic carbocycles. The molecule has 0 unspecified atom stereocenters. The molecule has 0 aromatic carbocycles. The van der Waals surface area contributed by atoms with Crippen molar-refractivity contribution in [1.29, 1.82) is 0 Å². The van der Waals surface area contributed by atoms with Gasteiger partial charge in [0.2, 0.25) is 0 Å². The van der Waals surface area contributed by atoms with Crippen molar-refractivity contribution >= 4 is 12.3 Å². The molecule has 1 aliphatic heterocycles. The lowest BCUT2D eigenvalue weighted by Gasteiger charge is -2.27. The van der Waals surface area contributed by atoms with Gasteiger partial charge in [-0.2, -0.15) is 0 Å². The Bertz CT molecular complexity index is 410. The number of carbonyl (C=O) groups is 2. The van der Waals surface area contributed by atoms with Crippen molar-refractivity contribution in [3.05, 3.63) is 0 Å². The summed E-state index contributed by atoms with van der Waals surface area (Å²) in [6.45, 7) is 15.0. The number of ether oxygens (including phenoxy) is 2. The normalized spacial score (nSPS) is 19.3. The number of nitrogens with zero attached hydrogens (tertiary/aromatic N) is 2. The molecule has 0 radical (unpaired) electrons. The van der Waals surface area contributed by atoms with E-state index in [0.29, 0.717) is 13.1 Å². The van der Waals surface area contributed by atoms with Crippen LogP contribution in [0.25, 0.3) is 0 Å². The molecule has 0 aromatic rings. The molecule has 1 heterocycles. The number of hydrogen-bond acceptors (Lipinski definition) is 8. The van der Waals surface area contributed by atoms with Gasteiger partial charge in [0.1, 0.15) is 11.2 Å². The van der Waals surface area contributed by atoms with Gasteiger partial charge in [0.15, 0.2) is 0 Å². The Kier molecular flexibility index (Phi) is 5.53. The van der Waals surface area contributed by atoms with Gasteiger partial charge in [0, 0.05) is 5.41 Å². The summed E-state index contributed by atoms with van der Waals surface area (Å²) in [6, 6.07) is 0. The van der Waals surface area contributed by atoms with Crippen molar-refractivity contribution in [3.8, 4) is 0 Å². The zero-order valence-corrected chi connectivity index (χ0v) is 15.3. The standard InChI is InChI=1S/C15H28N2O6/c1-13(2,3)20-11(18)22-16-9-15(7,8)10-17(16)23-12(19)21-14(4,5)6/h9-10H2,1-8H3. The maximum absolute atomic E-state index is 11.8. The van der Waals surface area contributed by atoms with Crippen LogP contribution < -0.4 is 0 Å². The second-order valence-electron chi connectivity index (χ2n) is 8.30. The van der Waals surface area contributed by atoms with E-state index >= 15 is 0 Å². The Balaban J connectivity index is 2.68. The lowest BCUT2D eigenvalue weighted by molar-refractivity contribution is -0.347. The van der Waals surface area contributed by atoms with Crippen LogP contribution in [0.2, 0.25) is 0 Å². The summed E-state index contributed by atoms with van der Waals surface area (Å²) in [5.41, 5.74) is -1.60. The topological polar surface area (TPSA) is 77.5 Å². The van der Waals surface area contributed by atoms with Gasteiger partial charge in [-0.05, 0) is 51.9 Å². The van der Waals surface area contributed by atoms with Crippen LogP contribution in [0.1, 0.15) is 55.4 Å². The molecular weight excluding hydrogens is 304 g/mol. The minimum absolute atomic E-state index is 0.246. The molecule has 0 N–H and O–H groups in total. The number of carbonyl (C=O) groups excluding carboxylic acids is 2. The highest BCUT2D eigenvalue weighted by Crippen LogP contribution is 2.29. The molecule has 0 saturated carbocycles. The van der Waals surface area contributed by atoms with Crippen molar-refractivity contribution in [2.45, 2.75) is 66.6 Å². The van der Waals surface area contributed by atoms with Crippen LogP contribution in [0.3, 0.4) is 0 Å². The number of hydroxylamine groups is 2. The summed E-state index contributed by atoms with van der Waals surface area (Å²) < 4.78 is 10.2. The summed E-state index contributed by atoms with van der Waals surface area (Å²) in [4.78, 5) is 33.9. The first kappa shape index (κ1) is 19.5. The molecule has 1 fully saturated rings. The van der Waals surface area contributed by atoms with E-state index in [-0.39, 0.29) is 5.41 Å². The minimum atomic E-state index is -0.868. The number of hydrogen-bond donors (Lipinski definition) is 0. The van der Waals surface area contributed by atoms with Crippen LogP contribution in [0, 0.1) is 5.41 Å². The monoisotopic (exact) mass is 332 g/mol. The summed E-state index contributed by atoms with van der Waals surface area (Å²) in [5.74, 6) is 0. The lowest BCUT2D eigenvalue weighted by Crippen LogP contribution is -2.42. The quantitative estimate of drug-likeness (QED) is 0.713.